The number of aryl methyl sites for hydroxylation is 2. The van der Waals surface area contributed by atoms with E-state index in [1.807, 2.05) is 19.1 Å². The summed E-state index contributed by atoms with van der Waals surface area (Å²) < 4.78 is 0. The molecule has 0 radical (unpaired) electrons. The highest BCUT2D eigenvalue weighted by molar-refractivity contribution is 7.16. The van der Waals surface area contributed by atoms with Crippen molar-refractivity contribution in [3.8, 4) is 11.3 Å². The molecule has 26 heavy (non-hydrogen) atoms. The highest BCUT2D eigenvalue weighted by atomic mass is 35.5. The normalized spacial score (nSPS) is 10.6. The standard InChI is InChI=1S/C18H14ClN3O3S/c1-10-9-13(5-8-15(10)22(24)25)17(23)21-18-20-16(11(2)26-18)12-3-6-14(19)7-4-12/h3-9H,1-2H3,(H,20,21,23). The van der Waals surface area contributed by atoms with Gasteiger partial charge in [-0.3, -0.25) is 20.2 Å². The van der Waals surface area contributed by atoms with Gasteiger partial charge in [-0.25, -0.2) is 4.98 Å². The zero-order valence-corrected chi connectivity index (χ0v) is 15.5. The largest absolute Gasteiger partial charge is 0.298 e. The van der Waals surface area contributed by atoms with Crippen LogP contribution in [0.3, 0.4) is 0 Å². The second-order valence-electron chi connectivity index (χ2n) is 5.64. The molecular formula is C18H14ClN3O3S. The summed E-state index contributed by atoms with van der Waals surface area (Å²) in [4.78, 5) is 28.3. The van der Waals surface area contributed by atoms with Gasteiger partial charge in [-0.05, 0) is 38.1 Å². The van der Waals surface area contributed by atoms with Crippen LogP contribution in [0.25, 0.3) is 11.3 Å². The summed E-state index contributed by atoms with van der Waals surface area (Å²) in [5, 5.41) is 14.7. The minimum absolute atomic E-state index is 0.0170. The molecule has 3 rings (SSSR count). The number of thiazole rings is 1. The van der Waals surface area contributed by atoms with Crippen LogP contribution in [0.5, 0.6) is 0 Å². The van der Waals surface area contributed by atoms with Crippen LogP contribution in [0.1, 0.15) is 20.8 Å². The van der Waals surface area contributed by atoms with E-state index in [4.69, 9.17) is 11.6 Å². The van der Waals surface area contributed by atoms with Gasteiger partial charge in [0.1, 0.15) is 0 Å². The first-order chi connectivity index (χ1) is 12.3. The number of anilines is 1. The van der Waals surface area contributed by atoms with Gasteiger partial charge in [-0.15, -0.1) is 11.3 Å². The monoisotopic (exact) mass is 387 g/mol. The Bertz CT molecular complexity index is 999. The summed E-state index contributed by atoms with van der Waals surface area (Å²) in [7, 11) is 0. The molecule has 0 unspecified atom stereocenters. The van der Waals surface area contributed by atoms with Crippen molar-refractivity contribution in [3.05, 3.63) is 73.6 Å². The van der Waals surface area contributed by atoms with Gasteiger partial charge in [0.05, 0.1) is 10.6 Å². The Morgan fingerprint density at radius 3 is 2.50 bits per heavy atom. The molecule has 132 valence electrons. The second kappa shape index (κ2) is 7.23. The Morgan fingerprint density at radius 1 is 1.19 bits per heavy atom. The van der Waals surface area contributed by atoms with Crippen molar-refractivity contribution in [2.75, 3.05) is 5.32 Å². The van der Waals surface area contributed by atoms with Gasteiger partial charge in [0.15, 0.2) is 5.13 Å². The maximum Gasteiger partial charge on any atom is 0.272 e. The molecule has 1 heterocycles. The average molecular weight is 388 g/mol. The fourth-order valence-electron chi connectivity index (χ4n) is 2.50. The quantitative estimate of drug-likeness (QED) is 0.490. The maximum absolute atomic E-state index is 12.4. The van der Waals surface area contributed by atoms with Crippen molar-refractivity contribution in [1.29, 1.82) is 0 Å². The van der Waals surface area contributed by atoms with Crippen LogP contribution < -0.4 is 5.32 Å². The fourth-order valence-corrected chi connectivity index (χ4v) is 3.45. The van der Waals surface area contributed by atoms with Crippen molar-refractivity contribution < 1.29 is 9.72 Å². The van der Waals surface area contributed by atoms with Crippen LogP contribution in [0.15, 0.2) is 42.5 Å². The molecule has 1 N–H and O–H groups in total. The molecule has 0 saturated heterocycles. The van der Waals surface area contributed by atoms with Gasteiger partial charge >= 0.3 is 0 Å². The average Bonchev–Trinajstić information content (AvgIpc) is 2.95. The van der Waals surface area contributed by atoms with Crippen molar-refractivity contribution in [1.82, 2.24) is 4.98 Å². The summed E-state index contributed by atoms with van der Waals surface area (Å²) in [6.07, 6.45) is 0. The number of hydrogen-bond acceptors (Lipinski definition) is 5. The van der Waals surface area contributed by atoms with E-state index in [0.717, 1.165) is 16.1 Å². The summed E-state index contributed by atoms with van der Waals surface area (Å²) in [6.45, 7) is 3.52. The van der Waals surface area contributed by atoms with Crippen molar-refractivity contribution in [3.63, 3.8) is 0 Å². The van der Waals surface area contributed by atoms with Gasteiger partial charge in [-0.2, -0.15) is 0 Å². The Hall–Kier alpha value is -2.77. The van der Waals surface area contributed by atoms with Crippen molar-refractivity contribution in [2.24, 2.45) is 0 Å². The molecule has 6 nitrogen and oxygen atoms in total. The van der Waals surface area contributed by atoms with E-state index in [2.05, 4.69) is 10.3 Å². The molecule has 0 aliphatic carbocycles. The molecule has 0 aliphatic heterocycles. The summed E-state index contributed by atoms with van der Waals surface area (Å²) in [6, 6.07) is 11.6. The zero-order chi connectivity index (χ0) is 18.8. The number of nitro groups is 1. The number of aromatic nitrogens is 1. The molecule has 0 atom stereocenters. The third kappa shape index (κ3) is 3.74. The lowest BCUT2D eigenvalue weighted by Crippen LogP contribution is -2.12. The SMILES string of the molecule is Cc1cc(C(=O)Nc2nc(-c3ccc(Cl)cc3)c(C)s2)ccc1[N+](=O)[O-]. The number of hydrogen-bond donors (Lipinski definition) is 1. The Balaban J connectivity index is 1.82. The summed E-state index contributed by atoms with van der Waals surface area (Å²) >= 11 is 7.27. The van der Waals surface area contributed by atoms with Crippen LogP contribution in [0, 0.1) is 24.0 Å². The number of rotatable bonds is 4. The molecule has 0 spiro atoms. The van der Waals surface area contributed by atoms with E-state index < -0.39 is 4.92 Å². The Morgan fingerprint density at radius 2 is 1.88 bits per heavy atom. The molecule has 3 aromatic rings. The molecule has 0 aliphatic rings. The maximum atomic E-state index is 12.4. The van der Waals surface area contributed by atoms with E-state index in [-0.39, 0.29) is 11.6 Å². The van der Waals surface area contributed by atoms with Gasteiger partial charge in [0.2, 0.25) is 0 Å². The number of halogens is 1. The van der Waals surface area contributed by atoms with E-state index >= 15 is 0 Å². The summed E-state index contributed by atoms with van der Waals surface area (Å²) in [5.41, 5.74) is 2.45. The predicted octanol–water partition coefficient (Wildman–Crippen LogP) is 5.24. The molecule has 0 bridgehead atoms. The number of amides is 1. The second-order valence-corrected chi connectivity index (χ2v) is 7.28. The number of carbonyl (C=O) groups is 1. The first-order valence-corrected chi connectivity index (χ1v) is 8.84. The van der Waals surface area contributed by atoms with Crippen LogP contribution in [0.4, 0.5) is 10.8 Å². The third-order valence-electron chi connectivity index (χ3n) is 3.79. The molecule has 2 aromatic carbocycles. The lowest BCUT2D eigenvalue weighted by Gasteiger charge is -2.03. The van der Waals surface area contributed by atoms with Crippen LogP contribution in [-0.4, -0.2) is 15.8 Å². The lowest BCUT2D eigenvalue weighted by atomic mass is 10.1. The number of nitro benzene ring substituents is 1. The lowest BCUT2D eigenvalue weighted by molar-refractivity contribution is -0.385. The van der Waals surface area contributed by atoms with Crippen LogP contribution in [0.2, 0.25) is 5.02 Å². The van der Waals surface area contributed by atoms with E-state index in [1.54, 1.807) is 19.1 Å². The minimum atomic E-state index is -0.473. The van der Waals surface area contributed by atoms with E-state index in [1.165, 1.54) is 29.5 Å². The van der Waals surface area contributed by atoms with E-state index in [0.29, 0.717) is 21.3 Å². The highest BCUT2D eigenvalue weighted by Gasteiger charge is 2.16. The molecule has 0 fully saturated rings. The van der Waals surface area contributed by atoms with Gasteiger partial charge in [0.25, 0.3) is 11.6 Å². The zero-order valence-electron chi connectivity index (χ0n) is 13.9. The fraction of sp³-hybridized carbons (Fsp3) is 0.111. The predicted molar refractivity (Wildman–Crippen MR) is 103 cm³/mol. The van der Waals surface area contributed by atoms with Gasteiger partial charge in [0, 0.05) is 32.7 Å². The Labute approximate surface area is 158 Å². The molecule has 1 aromatic heterocycles. The first kappa shape index (κ1) is 18.0. The molecule has 1 amide bonds. The number of nitrogens with one attached hydrogen (secondary N) is 1. The minimum Gasteiger partial charge on any atom is -0.298 e. The number of benzene rings is 2. The van der Waals surface area contributed by atoms with Crippen molar-refractivity contribution in [2.45, 2.75) is 13.8 Å². The molecule has 0 saturated carbocycles. The van der Waals surface area contributed by atoms with E-state index in [9.17, 15) is 14.9 Å². The summed E-state index contributed by atoms with van der Waals surface area (Å²) in [5.74, 6) is -0.362. The topological polar surface area (TPSA) is 85.1 Å². The first-order valence-electron chi connectivity index (χ1n) is 7.65. The Kier molecular flexibility index (Phi) is 5.01. The smallest absolute Gasteiger partial charge is 0.272 e. The number of carbonyl (C=O) groups excluding carboxylic acids is 1. The number of nitrogens with zero attached hydrogens (tertiary/aromatic N) is 2. The van der Waals surface area contributed by atoms with Crippen LogP contribution in [-0.2, 0) is 0 Å². The van der Waals surface area contributed by atoms with Gasteiger partial charge in [-0.1, -0.05) is 23.7 Å². The van der Waals surface area contributed by atoms with Crippen molar-refractivity contribution >= 4 is 39.7 Å². The van der Waals surface area contributed by atoms with Gasteiger partial charge < -0.3 is 0 Å². The van der Waals surface area contributed by atoms with Crippen LogP contribution >= 0.6 is 22.9 Å². The molecule has 8 heteroatoms. The third-order valence-corrected chi connectivity index (χ3v) is 4.93. The highest BCUT2D eigenvalue weighted by Crippen LogP contribution is 2.31. The molecular weight excluding hydrogens is 374 g/mol.